The van der Waals surface area contributed by atoms with Crippen LogP contribution in [0.4, 0.5) is 0 Å². The van der Waals surface area contributed by atoms with Crippen LogP contribution >= 0.6 is 22.7 Å². The number of ether oxygens (including phenoxy) is 1. The van der Waals surface area contributed by atoms with Crippen molar-refractivity contribution in [3.63, 3.8) is 0 Å². The monoisotopic (exact) mass is 371 g/mol. The van der Waals surface area contributed by atoms with Gasteiger partial charge in [0.1, 0.15) is 9.88 Å². The molecule has 1 fully saturated rings. The summed E-state index contributed by atoms with van der Waals surface area (Å²) in [5.74, 6) is 1.23. The van der Waals surface area contributed by atoms with Crippen LogP contribution in [-0.4, -0.2) is 22.5 Å². The summed E-state index contributed by atoms with van der Waals surface area (Å²) in [6.07, 6.45) is 5.89. The molecule has 0 aromatic carbocycles. The molecule has 0 aliphatic heterocycles. The zero-order chi connectivity index (χ0) is 17.1. The van der Waals surface area contributed by atoms with Crippen LogP contribution in [0.5, 0.6) is 5.88 Å². The van der Waals surface area contributed by atoms with E-state index in [2.05, 4.69) is 15.3 Å². The molecule has 1 aliphatic carbocycles. The summed E-state index contributed by atoms with van der Waals surface area (Å²) in [6, 6.07) is 7.76. The Labute approximate surface area is 153 Å². The fourth-order valence-corrected chi connectivity index (χ4v) is 3.89. The van der Waals surface area contributed by atoms with Gasteiger partial charge in [0.15, 0.2) is 0 Å². The molecule has 3 heterocycles. The Kier molecular flexibility index (Phi) is 4.76. The minimum atomic E-state index is -0.116. The molecule has 3 aromatic heterocycles. The van der Waals surface area contributed by atoms with E-state index in [0.29, 0.717) is 23.2 Å². The number of thiazole rings is 1. The average Bonchev–Trinajstić information content (AvgIpc) is 3.11. The van der Waals surface area contributed by atoms with Gasteiger partial charge in [0.05, 0.1) is 17.7 Å². The molecule has 0 unspecified atom stereocenters. The van der Waals surface area contributed by atoms with Crippen molar-refractivity contribution >= 4 is 28.6 Å². The Bertz CT molecular complexity index is 840. The van der Waals surface area contributed by atoms with Gasteiger partial charge < -0.3 is 10.1 Å². The fourth-order valence-electron chi connectivity index (χ4n) is 2.25. The van der Waals surface area contributed by atoms with E-state index in [-0.39, 0.29) is 5.91 Å². The first-order chi connectivity index (χ1) is 12.3. The van der Waals surface area contributed by atoms with Gasteiger partial charge in [-0.25, -0.2) is 9.97 Å². The third-order valence-electron chi connectivity index (χ3n) is 3.88. The summed E-state index contributed by atoms with van der Waals surface area (Å²) in [5, 5.41) is 5.78. The van der Waals surface area contributed by atoms with E-state index in [9.17, 15) is 4.79 Å². The lowest BCUT2D eigenvalue weighted by Crippen LogP contribution is -2.21. The quantitative estimate of drug-likeness (QED) is 0.682. The Morgan fingerprint density at radius 3 is 2.88 bits per heavy atom. The number of pyridine rings is 1. The Morgan fingerprint density at radius 1 is 1.24 bits per heavy atom. The molecule has 1 amide bonds. The number of amides is 1. The summed E-state index contributed by atoms with van der Waals surface area (Å²) >= 11 is 3.02. The maximum Gasteiger partial charge on any atom is 0.263 e. The third-order valence-corrected chi connectivity index (χ3v) is 5.91. The van der Waals surface area contributed by atoms with Crippen molar-refractivity contribution < 1.29 is 9.53 Å². The van der Waals surface area contributed by atoms with Crippen LogP contribution in [0.2, 0.25) is 0 Å². The zero-order valence-corrected chi connectivity index (χ0v) is 15.1. The molecule has 7 heteroatoms. The molecule has 0 saturated heterocycles. The van der Waals surface area contributed by atoms with Crippen molar-refractivity contribution in [2.75, 3.05) is 6.61 Å². The molecule has 1 saturated carbocycles. The zero-order valence-electron chi connectivity index (χ0n) is 13.5. The van der Waals surface area contributed by atoms with E-state index >= 15 is 0 Å². The van der Waals surface area contributed by atoms with Crippen molar-refractivity contribution in [3.8, 4) is 15.8 Å². The molecule has 1 N–H and O–H groups in total. The maximum absolute atomic E-state index is 12.3. The summed E-state index contributed by atoms with van der Waals surface area (Å²) in [5.41, 5.74) is 0.940. The van der Waals surface area contributed by atoms with Crippen molar-refractivity contribution in [2.24, 2.45) is 5.92 Å². The number of thiophene rings is 1. The van der Waals surface area contributed by atoms with Crippen molar-refractivity contribution in [1.29, 1.82) is 0 Å². The third kappa shape index (κ3) is 4.24. The van der Waals surface area contributed by atoms with Gasteiger partial charge in [-0.1, -0.05) is 12.1 Å². The lowest BCUT2D eigenvalue weighted by molar-refractivity contribution is 0.0954. The lowest BCUT2D eigenvalue weighted by Gasteiger charge is -2.06. The highest BCUT2D eigenvalue weighted by atomic mass is 32.1. The molecule has 0 radical (unpaired) electrons. The van der Waals surface area contributed by atoms with Gasteiger partial charge in [-0.05, 0) is 35.8 Å². The summed E-state index contributed by atoms with van der Waals surface area (Å²) in [6.45, 7) is 1.18. The van der Waals surface area contributed by atoms with Gasteiger partial charge in [0.2, 0.25) is 5.88 Å². The number of hydrogen-bond acceptors (Lipinski definition) is 6. The molecule has 1 aliphatic rings. The highest BCUT2D eigenvalue weighted by Gasteiger charge is 2.22. The largest absolute Gasteiger partial charge is 0.477 e. The number of carbonyl (C=O) groups is 1. The van der Waals surface area contributed by atoms with Gasteiger partial charge >= 0.3 is 0 Å². The first-order valence-corrected chi connectivity index (χ1v) is 9.83. The van der Waals surface area contributed by atoms with E-state index in [4.69, 9.17) is 4.74 Å². The molecule has 4 rings (SSSR count). The summed E-state index contributed by atoms with van der Waals surface area (Å²) in [7, 11) is 0. The van der Waals surface area contributed by atoms with Gasteiger partial charge in [-0.15, -0.1) is 22.7 Å². The molecule has 128 valence electrons. The molecular formula is C18H17N3O2S2. The van der Waals surface area contributed by atoms with Crippen LogP contribution < -0.4 is 10.1 Å². The maximum atomic E-state index is 12.3. The Balaban J connectivity index is 1.30. The molecule has 5 nitrogen and oxygen atoms in total. The van der Waals surface area contributed by atoms with Crippen LogP contribution in [0.3, 0.4) is 0 Å². The van der Waals surface area contributed by atoms with E-state index in [0.717, 1.165) is 22.1 Å². The average molecular weight is 371 g/mol. The molecule has 25 heavy (non-hydrogen) atoms. The SMILES string of the molecule is O=C(NCc1ccc(OCC2CC2)nc1)c1cnc(-c2cccs2)s1. The second kappa shape index (κ2) is 7.33. The molecular weight excluding hydrogens is 354 g/mol. The standard InChI is InChI=1S/C18H17N3O2S2/c22-17(15-10-21-18(25-15)14-2-1-7-24-14)20-9-13-5-6-16(19-8-13)23-11-12-3-4-12/h1-2,5-8,10,12H,3-4,9,11H2,(H,20,22). The van der Waals surface area contributed by atoms with Crippen LogP contribution in [0.1, 0.15) is 28.1 Å². The summed E-state index contributed by atoms with van der Waals surface area (Å²) < 4.78 is 5.61. The predicted molar refractivity (Wildman–Crippen MR) is 99.1 cm³/mol. The second-order valence-corrected chi connectivity index (χ2v) is 7.93. The van der Waals surface area contributed by atoms with Gasteiger partial charge in [0.25, 0.3) is 5.91 Å². The highest BCUT2D eigenvalue weighted by molar-refractivity contribution is 7.21. The van der Waals surface area contributed by atoms with E-state index in [1.807, 2.05) is 29.6 Å². The second-order valence-electron chi connectivity index (χ2n) is 5.95. The first-order valence-electron chi connectivity index (χ1n) is 8.13. The van der Waals surface area contributed by atoms with Crippen LogP contribution in [0.15, 0.2) is 42.0 Å². The van der Waals surface area contributed by atoms with E-state index < -0.39 is 0 Å². The molecule has 0 atom stereocenters. The number of rotatable bonds is 7. The minimum Gasteiger partial charge on any atom is -0.477 e. The summed E-state index contributed by atoms with van der Waals surface area (Å²) in [4.78, 5) is 22.6. The van der Waals surface area contributed by atoms with Crippen LogP contribution in [0, 0.1) is 5.92 Å². The normalized spacial score (nSPS) is 13.6. The number of carbonyl (C=O) groups excluding carboxylic acids is 1. The van der Waals surface area contributed by atoms with Gasteiger partial charge in [-0.2, -0.15) is 0 Å². The predicted octanol–water partition coefficient (Wildman–Crippen LogP) is 3.99. The molecule has 0 bridgehead atoms. The number of aromatic nitrogens is 2. The van der Waals surface area contributed by atoms with E-state index in [1.54, 1.807) is 23.7 Å². The Hall–Kier alpha value is -2.25. The topological polar surface area (TPSA) is 64.1 Å². The number of nitrogens with one attached hydrogen (secondary N) is 1. The van der Waals surface area contributed by atoms with E-state index in [1.165, 1.54) is 24.2 Å². The number of nitrogens with zero attached hydrogens (tertiary/aromatic N) is 2. The van der Waals surface area contributed by atoms with Gasteiger partial charge in [-0.3, -0.25) is 4.79 Å². The number of hydrogen-bond donors (Lipinski definition) is 1. The van der Waals surface area contributed by atoms with Crippen molar-refractivity contribution in [3.05, 3.63) is 52.5 Å². The van der Waals surface area contributed by atoms with Crippen molar-refractivity contribution in [1.82, 2.24) is 15.3 Å². The van der Waals surface area contributed by atoms with Crippen molar-refractivity contribution in [2.45, 2.75) is 19.4 Å². The van der Waals surface area contributed by atoms with Crippen LogP contribution in [-0.2, 0) is 6.54 Å². The molecule has 0 spiro atoms. The highest BCUT2D eigenvalue weighted by Crippen LogP contribution is 2.29. The fraction of sp³-hybridized carbons (Fsp3) is 0.278. The first kappa shape index (κ1) is 16.2. The minimum absolute atomic E-state index is 0.116. The smallest absolute Gasteiger partial charge is 0.263 e. The van der Waals surface area contributed by atoms with Crippen LogP contribution in [0.25, 0.3) is 9.88 Å². The van der Waals surface area contributed by atoms with Gasteiger partial charge in [0, 0.05) is 18.8 Å². The lowest BCUT2D eigenvalue weighted by atomic mass is 10.3. The molecule has 3 aromatic rings. The Morgan fingerprint density at radius 2 is 2.16 bits per heavy atom.